The van der Waals surface area contributed by atoms with Gasteiger partial charge in [-0.05, 0) is 25.7 Å². The standard InChI is InChI=1S/C25H46N4O4S/c1-2-17-23(30)19-16-21-34(32,33)22-24(31)18-14-12-10-8-6-4-3-5-7-9-11-13-15-20-25-26-28-29-27-25/h2-22H2,1H3,(H,26,27,28,29). The average molecular weight is 499 g/mol. The Balaban J connectivity index is 1.84. The zero-order valence-electron chi connectivity index (χ0n) is 21.2. The highest BCUT2D eigenvalue weighted by Gasteiger charge is 2.16. The van der Waals surface area contributed by atoms with Crippen molar-refractivity contribution < 1.29 is 18.0 Å². The maximum absolute atomic E-state index is 12.0. The van der Waals surface area contributed by atoms with E-state index in [1.807, 2.05) is 6.92 Å². The van der Waals surface area contributed by atoms with E-state index in [9.17, 15) is 18.0 Å². The number of nitrogens with zero attached hydrogens (tertiary/aromatic N) is 3. The van der Waals surface area contributed by atoms with Crippen LogP contribution in [0.15, 0.2) is 0 Å². The minimum absolute atomic E-state index is 0.0598. The molecule has 196 valence electrons. The third kappa shape index (κ3) is 17.8. The van der Waals surface area contributed by atoms with Gasteiger partial charge in [-0.25, -0.2) is 8.42 Å². The minimum atomic E-state index is -3.38. The van der Waals surface area contributed by atoms with E-state index in [0.717, 1.165) is 44.3 Å². The Morgan fingerprint density at radius 1 is 0.706 bits per heavy atom. The summed E-state index contributed by atoms with van der Waals surface area (Å²) in [5.41, 5.74) is 0. The number of rotatable bonds is 24. The van der Waals surface area contributed by atoms with Crippen molar-refractivity contribution in [3.8, 4) is 0 Å². The van der Waals surface area contributed by atoms with Crippen LogP contribution in [0.1, 0.15) is 128 Å². The number of aromatic nitrogens is 4. The molecule has 0 aliphatic rings. The molecule has 1 heterocycles. The van der Waals surface area contributed by atoms with E-state index < -0.39 is 9.84 Å². The molecular formula is C25H46N4O4S. The number of Topliss-reactive ketones (excluding diaryl/α,β-unsaturated/α-hetero) is 2. The van der Waals surface area contributed by atoms with Crippen LogP contribution in [0.5, 0.6) is 0 Å². The Morgan fingerprint density at radius 2 is 1.24 bits per heavy atom. The van der Waals surface area contributed by atoms with Gasteiger partial charge in [-0.2, -0.15) is 5.21 Å². The highest BCUT2D eigenvalue weighted by atomic mass is 32.2. The molecule has 0 bridgehead atoms. The maximum atomic E-state index is 12.0. The summed E-state index contributed by atoms with van der Waals surface area (Å²) in [6.45, 7) is 1.93. The topological polar surface area (TPSA) is 123 Å². The van der Waals surface area contributed by atoms with Gasteiger partial charge in [0, 0.05) is 25.7 Å². The molecule has 0 unspecified atom stereocenters. The number of carbonyl (C=O) groups excluding carboxylic acids is 2. The van der Waals surface area contributed by atoms with Crippen LogP contribution in [0.2, 0.25) is 0 Å². The van der Waals surface area contributed by atoms with Crippen molar-refractivity contribution in [3.05, 3.63) is 5.82 Å². The molecule has 0 saturated heterocycles. The molecule has 1 aromatic heterocycles. The summed E-state index contributed by atoms with van der Waals surface area (Å²) in [6, 6.07) is 0. The fraction of sp³-hybridized carbons (Fsp3) is 0.880. The Hall–Kier alpha value is -1.64. The SMILES string of the molecule is CCCC(=O)CCCS(=O)(=O)CC(=O)CCCCCCCCCCCCCCCc1nn[nH]n1. The molecule has 1 aromatic rings. The van der Waals surface area contributed by atoms with Crippen molar-refractivity contribution in [2.75, 3.05) is 11.5 Å². The van der Waals surface area contributed by atoms with Gasteiger partial charge >= 0.3 is 0 Å². The van der Waals surface area contributed by atoms with E-state index in [2.05, 4.69) is 20.6 Å². The first-order valence-corrected chi connectivity index (χ1v) is 15.2. The van der Waals surface area contributed by atoms with Crippen molar-refractivity contribution in [3.63, 3.8) is 0 Å². The van der Waals surface area contributed by atoms with Gasteiger partial charge in [0.25, 0.3) is 0 Å². The van der Waals surface area contributed by atoms with Gasteiger partial charge in [-0.15, -0.1) is 10.2 Å². The van der Waals surface area contributed by atoms with E-state index in [1.165, 1.54) is 57.8 Å². The van der Waals surface area contributed by atoms with Crippen LogP contribution in [0.25, 0.3) is 0 Å². The molecule has 0 saturated carbocycles. The average Bonchev–Trinajstić information content (AvgIpc) is 3.29. The van der Waals surface area contributed by atoms with Gasteiger partial charge in [-0.3, -0.25) is 9.59 Å². The van der Waals surface area contributed by atoms with Crippen LogP contribution in [0.3, 0.4) is 0 Å². The third-order valence-corrected chi connectivity index (χ3v) is 7.74. The van der Waals surface area contributed by atoms with Crippen molar-refractivity contribution >= 4 is 21.4 Å². The van der Waals surface area contributed by atoms with Crippen LogP contribution in [0, 0.1) is 0 Å². The first-order valence-electron chi connectivity index (χ1n) is 13.4. The summed E-state index contributed by atoms with van der Waals surface area (Å²) in [4.78, 5) is 23.4. The lowest BCUT2D eigenvalue weighted by Gasteiger charge is -2.05. The Morgan fingerprint density at radius 3 is 1.76 bits per heavy atom. The van der Waals surface area contributed by atoms with Gasteiger partial charge < -0.3 is 0 Å². The quantitative estimate of drug-likeness (QED) is 0.191. The molecule has 0 aromatic carbocycles. The molecule has 0 spiro atoms. The number of aryl methyl sites for hydroxylation is 1. The number of sulfone groups is 1. The monoisotopic (exact) mass is 498 g/mol. The Kier molecular flexibility index (Phi) is 17.6. The summed E-state index contributed by atoms with van der Waals surface area (Å²) >= 11 is 0. The first kappa shape index (κ1) is 30.4. The molecule has 9 heteroatoms. The molecule has 1 N–H and O–H groups in total. The number of unbranched alkanes of at least 4 members (excludes halogenated alkanes) is 12. The van der Waals surface area contributed by atoms with Crippen molar-refractivity contribution in [1.29, 1.82) is 0 Å². The molecule has 8 nitrogen and oxygen atoms in total. The zero-order chi connectivity index (χ0) is 24.9. The second kappa shape index (κ2) is 19.6. The normalized spacial score (nSPS) is 11.7. The predicted molar refractivity (Wildman–Crippen MR) is 135 cm³/mol. The fourth-order valence-corrected chi connectivity index (χ4v) is 5.48. The van der Waals surface area contributed by atoms with Crippen LogP contribution in [0.4, 0.5) is 0 Å². The second-order valence-corrected chi connectivity index (χ2v) is 11.6. The molecule has 0 aliphatic carbocycles. The number of H-pyrrole nitrogens is 1. The molecule has 34 heavy (non-hydrogen) atoms. The molecule has 0 amide bonds. The summed E-state index contributed by atoms with van der Waals surface area (Å²) in [5, 5.41) is 14.0. The summed E-state index contributed by atoms with van der Waals surface area (Å²) in [6.07, 6.45) is 18.6. The smallest absolute Gasteiger partial charge is 0.174 e. The first-order chi connectivity index (χ1) is 16.4. The van der Waals surface area contributed by atoms with Crippen molar-refractivity contribution in [1.82, 2.24) is 20.6 Å². The molecular weight excluding hydrogens is 452 g/mol. The lowest BCUT2D eigenvalue weighted by molar-refractivity contribution is -0.119. The zero-order valence-corrected chi connectivity index (χ0v) is 22.0. The number of aromatic amines is 1. The maximum Gasteiger partial charge on any atom is 0.174 e. The molecule has 1 rings (SSSR count). The fourth-order valence-electron chi connectivity index (χ4n) is 4.12. The van der Waals surface area contributed by atoms with E-state index >= 15 is 0 Å². The highest BCUT2D eigenvalue weighted by Crippen LogP contribution is 2.14. The van der Waals surface area contributed by atoms with E-state index in [4.69, 9.17) is 0 Å². The largest absolute Gasteiger partial charge is 0.300 e. The van der Waals surface area contributed by atoms with E-state index in [1.54, 1.807) is 0 Å². The second-order valence-electron chi connectivity index (χ2n) is 9.45. The van der Waals surface area contributed by atoms with Crippen LogP contribution in [-0.2, 0) is 25.8 Å². The number of hydrogen-bond donors (Lipinski definition) is 1. The highest BCUT2D eigenvalue weighted by molar-refractivity contribution is 7.92. The minimum Gasteiger partial charge on any atom is -0.300 e. The number of nitrogens with one attached hydrogen (secondary N) is 1. The number of hydrogen-bond acceptors (Lipinski definition) is 7. The third-order valence-electron chi connectivity index (χ3n) is 6.07. The summed E-state index contributed by atoms with van der Waals surface area (Å²) in [7, 11) is -3.38. The summed E-state index contributed by atoms with van der Waals surface area (Å²) < 4.78 is 24.1. The summed E-state index contributed by atoms with van der Waals surface area (Å²) in [5.74, 6) is 0.300. The molecule has 0 atom stereocenters. The van der Waals surface area contributed by atoms with Crippen LogP contribution < -0.4 is 0 Å². The molecule has 0 fully saturated rings. The van der Waals surface area contributed by atoms with Gasteiger partial charge in [0.05, 0.1) is 5.75 Å². The number of ketones is 2. The van der Waals surface area contributed by atoms with E-state index in [0.29, 0.717) is 25.7 Å². The molecule has 0 aliphatic heterocycles. The lowest BCUT2D eigenvalue weighted by Crippen LogP contribution is -2.19. The Labute approximate surface area is 206 Å². The molecule has 0 radical (unpaired) electrons. The lowest BCUT2D eigenvalue weighted by atomic mass is 10.0. The van der Waals surface area contributed by atoms with E-state index in [-0.39, 0.29) is 23.1 Å². The van der Waals surface area contributed by atoms with Crippen LogP contribution in [-0.4, -0.2) is 52.1 Å². The van der Waals surface area contributed by atoms with Crippen LogP contribution >= 0.6 is 0 Å². The van der Waals surface area contributed by atoms with Crippen molar-refractivity contribution in [2.24, 2.45) is 0 Å². The van der Waals surface area contributed by atoms with Gasteiger partial charge in [-0.1, -0.05) is 82.8 Å². The number of carbonyl (C=O) groups is 2. The van der Waals surface area contributed by atoms with Gasteiger partial charge in [0.2, 0.25) is 0 Å². The van der Waals surface area contributed by atoms with Gasteiger partial charge in [0.1, 0.15) is 17.3 Å². The van der Waals surface area contributed by atoms with Gasteiger partial charge in [0.15, 0.2) is 15.7 Å². The predicted octanol–water partition coefficient (Wildman–Crippen LogP) is 5.34. The Bertz CT molecular complexity index is 751. The number of tetrazole rings is 1. The van der Waals surface area contributed by atoms with Crippen molar-refractivity contribution in [2.45, 2.75) is 129 Å².